The number of hydrogen-bond acceptors (Lipinski definition) is 1. The molecule has 4 aromatic carbocycles. The molecule has 1 aliphatic carbocycles. The predicted molar refractivity (Wildman–Crippen MR) is 155 cm³/mol. The molecule has 3 heteroatoms. The number of carbonyl (C=O) groups excluding carboxylic acids is 1. The van der Waals surface area contributed by atoms with Crippen LogP contribution in [0.3, 0.4) is 0 Å². The molecule has 4 aromatic rings. The molecule has 1 aliphatic heterocycles. The van der Waals surface area contributed by atoms with E-state index in [1.54, 1.807) is 0 Å². The summed E-state index contributed by atoms with van der Waals surface area (Å²) in [6, 6.07) is 45.1. The van der Waals surface area contributed by atoms with Gasteiger partial charge in [0, 0.05) is 0 Å². The first-order valence-corrected chi connectivity index (χ1v) is 19.7. The molecule has 4 atom stereocenters. The summed E-state index contributed by atoms with van der Waals surface area (Å²) in [6.07, 6.45) is 2.84. The molecule has 0 spiro atoms. The Kier molecular flexibility index (Phi) is 6.77. The molecule has 0 bridgehead atoms. The third-order valence-electron chi connectivity index (χ3n) is 8.73. The first kappa shape index (κ1) is 24.2. The second-order valence-corrected chi connectivity index (χ2v) is 21.8. The predicted octanol–water partition coefficient (Wildman–Crippen LogP) is 4.97. The van der Waals surface area contributed by atoms with Crippen LogP contribution in [0, 0.1) is 11.8 Å². The van der Waals surface area contributed by atoms with E-state index in [4.69, 9.17) is 0 Å². The minimum absolute atomic E-state index is 0.126. The summed E-state index contributed by atoms with van der Waals surface area (Å²) in [5.74, 6) is 1.22. The van der Waals surface area contributed by atoms with E-state index in [-0.39, 0.29) is 12.0 Å². The zero-order chi connectivity index (χ0) is 25.2. The standard InChI is InChI=1S/C16H18NO.3C6H5.Sn/c1-3-9-17-15-11(2)13(10-14(15)16(17)18)12-7-5-4-6-8-12;3*1-2-4-6-5-3-1;/h3-8,11,13-15H,1-2,9-10H2;3*1-5H;/t11-,13-,14-,15+;;;;/m0..../s1. The number of rotatable bonds is 8. The van der Waals surface area contributed by atoms with Gasteiger partial charge in [0.2, 0.25) is 0 Å². The second-order valence-electron chi connectivity index (χ2n) is 10.5. The summed E-state index contributed by atoms with van der Waals surface area (Å²) in [6.45, 7) is 4.61. The van der Waals surface area contributed by atoms with Crippen molar-refractivity contribution < 1.29 is 4.79 Å². The molecule has 2 nitrogen and oxygen atoms in total. The SMILES string of the molecule is C=CCN1C(=O)[C@H]2C[C@H](c3ccccc3)[C@H]([CH2][Sn]([c]3ccccc3)([c]3ccccc3)[c]3ccccc3)[C@H]21. The molecule has 2 fully saturated rings. The molecule has 37 heavy (non-hydrogen) atoms. The summed E-state index contributed by atoms with van der Waals surface area (Å²) in [5, 5.41) is 0. The van der Waals surface area contributed by atoms with Crippen LogP contribution in [0.1, 0.15) is 17.9 Å². The van der Waals surface area contributed by atoms with E-state index in [2.05, 4.69) is 133 Å². The number of nitrogens with zero attached hydrogens (tertiary/aromatic N) is 1. The molecule has 0 unspecified atom stereocenters. The minimum atomic E-state index is -3.52. The van der Waals surface area contributed by atoms with Gasteiger partial charge in [0.1, 0.15) is 0 Å². The summed E-state index contributed by atoms with van der Waals surface area (Å²) in [4.78, 5) is 15.3. The van der Waals surface area contributed by atoms with Gasteiger partial charge in [-0.05, 0) is 0 Å². The molecule has 6 rings (SSSR count). The summed E-state index contributed by atoms with van der Waals surface area (Å²) < 4.78 is 5.65. The maximum absolute atomic E-state index is 13.2. The van der Waals surface area contributed by atoms with Crippen LogP contribution in [0.5, 0.6) is 0 Å². The summed E-state index contributed by atoms with van der Waals surface area (Å²) >= 11 is -3.52. The molecule has 184 valence electrons. The fourth-order valence-electron chi connectivity index (χ4n) is 7.17. The normalized spacial score (nSPS) is 22.8. The topological polar surface area (TPSA) is 20.3 Å². The summed E-state index contributed by atoms with van der Waals surface area (Å²) in [7, 11) is 0. The second kappa shape index (κ2) is 10.3. The summed E-state index contributed by atoms with van der Waals surface area (Å²) in [5.41, 5.74) is 1.38. The zero-order valence-electron chi connectivity index (χ0n) is 21.1. The Morgan fingerprint density at radius 2 is 1.16 bits per heavy atom. The molecular formula is C34H33NOSn. The van der Waals surface area contributed by atoms with E-state index >= 15 is 0 Å². The Morgan fingerprint density at radius 1 is 0.703 bits per heavy atom. The number of carbonyl (C=O) groups is 1. The molecule has 1 saturated carbocycles. The van der Waals surface area contributed by atoms with Crippen molar-refractivity contribution in [3.05, 3.63) is 140 Å². The third-order valence-corrected chi connectivity index (χ3v) is 23.1. The first-order valence-electron chi connectivity index (χ1n) is 13.4. The Hall–Kier alpha value is -3.11. The van der Waals surface area contributed by atoms with E-state index in [0.29, 0.717) is 24.3 Å². The Morgan fingerprint density at radius 3 is 1.62 bits per heavy atom. The fourth-order valence-corrected chi connectivity index (χ4v) is 22.1. The molecule has 1 amide bonds. The van der Waals surface area contributed by atoms with Crippen LogP contribution >= 0.6 is 0 Å². The monoisotopic (exact) mass is 591 g/mol. The van der Waals surface area contributed by atoms with Gasteiger partial charge in [-0.1, -0.05) is 0 Å². The van der Waals surface area contributed by atoms with Gasteiger partial charge in [-0.15, -0.1) is 0 Å². The number of benzene rings is 4. The van der Waals surface area contributed by atoms with Crippen LogP contribution in [-0.4, -0.2) is 41.8 Å². The van der Waals surface area contributed by atoms with Gasteiger partial charge >= 0.3 is 225 Å². The average Bonchev–Trinajstić information content (AvgIpc) is 3.31. The Balaban J connectivity index is 1.55. The molecule has 0 aromatic heterocycles. The van der Waals surface area contributed by atoms with Crippen molar-refractivity contribution >= 4 is 35.0 Å². The molecule has 1 saturated heterocycles. The number of hydrogen-bond donors (Lipinski definition) is 0. The van der Waals surface area contributed by atoms with Crippen molar-refractivity contribution in [2.45, 2.75) is 22.8 Å². The van der Waals surface area contributed by atoms with Crippen LogP contribution in [0.15, 0.2) is 134 Å². The number of β-lactam (4-membered cyclic amide) rings is 1. The first-order chi connectivity index (χ1) is 18.2. The quantitative estimate of drug-likeness (QED) is 0.161. The van der Waals surface area contributed by atoms with Crippen LogP contribution in [0.4, 0.5) is 0 Å². The maximum atomic E-state index is 13.2. The molecule has 0 N–H and O–H groups in total. The van der Waals surface area contributed by atoms with Crippen molar-refractivity contribution in [3.8, 4) is 0 Å². The third kappa shape index (κ3) is 4.16. The van der Waals surface area contributed by atoms with Crippen molar-refractivity contribution in [2.24, 2.45) is 11.8 Å². The molecule has 2 aliphatic rings. The van der Waals surface area contributed by atoms with Crippen molar-refractivity contribution in [2.75, 3.05) is 6.54 Å². The molecule has 1 heterocycles. The van der Waals surface area contributed by atoms with Gasteiger partial charge in [-0.3, -0.25) is 0 Å². The van der Waals surface area contributed by atoms with Gasteiger partial charge < -0.3 is 0 Å². The van der Waals surface area contributed by atoms with Crippen LogP contribution in [0.2, 0.25) is 4.44 Å². The van der Waals surface area contributed by atoms with E-state index in [9.17, 15) is 4.79 Å². The average molecular weight is 590 g/mol. The van der Waals surface area contributed by atoms with Gasteiger partial charge in [-0.2, -0.15) is 0 Å². The van der Waals surface area contributed by atoms with E-state index in [0.717, 1.165) is 10.9 Å². The zero-order valence-corrected chi connectivity index (χ0v) is 24.0. The molecular weight excluding hydrogens is 557 g/mol. The van der Waals surface area contributed by atoms with E-state index in [1.165, 1.54) is 16.3 Å². The fraction of sp³-hybridized carbons (Fsp3) is 0.206. The van der Waals surface area contributed by atoms with Gasteiger partial charge in [0.25, 0.3) is 0 Å². The van der Waals surface area contributed by atoms with Crippen molar-refractivity contribution in [1.82, 2.24) is 4.90 Å². The van der Waals surface area contributed by atoms with E-state index < -0.39 is 18.4 Å². The number of amides is 1. The van der Waals surface area contributed by atoms with Gasteiger partial charge in [0.15, 0.2) is 0 Å². The van der Waals surface area contributed by atoms with Crippen molar-refractivity contribution in [1.29, 1.82) is 0 Å². The van der Waals surface area contributed by atoms with Crippen molar-refractivity contribution in [3.63, 3.8) is 0 Å². The van der Waals surface area contributed by atoms with Gasteiger partial charge in [0.05, 0.1) is 0 Å². The number of likely N-dealkylation sites (tertiary alicyclic amines) is 1. The van der Waals surface area contributed by atoms with Crippen LogP contribution < -0.4 is 10.7 Å². The number of fused-ring (bicyclic) bond motifs is 1. The Labute approximate surface area is 224 Å². The van der Waals surface area contributed by atoms with Crippen LogP contribution in [-0.2, 0) is 4.79 Å². The van der Waals surface area contributed by atoms with Gasteiger partial charge in [-0.25, -0.2) is 0 Å². The van der Waals surface area contributed by atoms with E-state index in [1.807, 2.05) is 6.08 Å². The molecule has 0 radical (unpaired) electrons. The van der Waals surface area contributed by atoms with Crippen LogP contribution in [0.25, 0.3) is 0 Å². The Bertz CT molecular complexity index is 1260.